The monoisotopic (exact) mass is 235 g/mol. The molecule has 0 fully saturated rings. The maximum absolute atomic E-state index is 9.00. The summed E-state index contributed by atoms with van der Waals surface area (Å²) in [5.74, 6) is 0.882. The molecule has 2 rings (SSSR count). The summed E-state index contributed by atoms with van der Waals surface area (Å²) >= 11 is 0. The lowest BCUT2D eigenvalue weighted by atomic mass is 10.2. The minimum absolute atomic E-state index is 0.0695. The number of rotatable bonds is 5. The molecule has 0 atom stereocenters. The molecule has 0 bridgehead atoms. The molecule has 1 aromatic carbocycles. The maximum Gasteiger partial charge on any atom is 0.104 e. The smallest absolute Gasteiger partial charge is 0.104 e. The van der Waals surface area contributed by atoms with E-state index in [1.165, 1.54) is 0 Å². The molecule has 0 aliphatic heterocycles. The van der Waals surface area contributed by atoms with Gasteiger partial charge in [-0.1, -0.05) is 0 Å². The van der Waals surface area contributed by atoms with Crippen LogP contribution in [0.5, 0.6) is 0 Å². The van der Waals surface area contributed by atoms with Gasteiger partial charge in [0.05, 0.1) is 24.2 Å². The second kappa shape index (κ2) is 5.16. The molecule has 1 heterocycles. The van der Waals surface area contributed by atoms with Crippen molar-refractivity contribution in [3.05, 3.63) is 24.0 Å². The van der Waals surface area contributed by atoms with E-state index in [-0.39, 0.29) is 13.2 Å². The quantitative estimate of drug-likeness (QED) is 0.712. The highest BCUT2D eigenvalue weighted by Gasteiger charge is 2.07. The van der Waals surface area contributed by atoms with E-state index < -0.39 is 0 Å². The number of benzene rings is 1. The fraction of sp³-hybridized carbons (Fsp3) is 0.417. The second-order valence-electron chi connectivity index (χ2n) is 3.96. The summed E-state index contributed by atoms with van der Waals surface area (Å²) in [5.41, 5.74) is 2.88. The van der Waals surface area contributed by atoms with Crippen LogP contribution >= 0.6 is 0 Å². The van der Waals surface area contributed by atoms with Crippen LogP contribution in [0.3, 0.4) is 0 Å². The number of aromatic amines is 1. The molecule has 0 spiro atoms. The van der Waals surface area contributed by atoms with Crippen LogP contribution in [0.15, 0.2) is 18.2 Å². The Labute approximate surface area is 99.7 Å². The van der Waals surface area contributed by atoms with E-state index in [0.717, 1.165) is 22.5 Å². The normalized spacial score (nSPS) is 11.0. The number of aliphatic hydroxyl groups is 2. The number of aromatic nitrogens is 2. The highest BCUT2D eigenvalue weighted by molar-refractivity contribution is 5.79. The number of fused-ring (bicyclic) bond motifs is 1. The average molecular weight is 235 g/mol. The third-order valence-electron chi connectivity index (χ3n) is 2.69. The van der Waals surface area contributed by atoms with Gasteiger partial charge in [0.25, 0.3) is 0 Å². The number of hydrogen-bond acceptors (Lipinski definition) is 4. The van der Waals surface area contributed by atoms with Gasteiger partial charge in [0, 0.05) is 18.8 Å². The molecule has 0 amide bonds. The van der Waals surface area contributed by atoms with Gasteiger partial charge in [-0.2, -0.15) is 0 Å². The first kappa shape index (κ1) is 11.9. The fourth-order valence-electron chi connectivity index (χ4n) is 1.93. The minimum Gasteiger partial charge on any atom is -0.395 e. The Morgan fingerprint density at radius 2 is 1.94 bits per heavy atom. The molecule has 2 aromatic rings. The zero-order valence-electron chi connectivity index (χ0n) is 9.85. The number of aryl methyl sites for hydroxylation is 1. The lowest BCUT2D eigenvalue weighted by Gasteiger charge is -2.22. The predicted octanol–water partition coefficient (Wildman–Crippen LogP) is 0.662. The van der Waals surface area contributed by atoms with E-state index in [1.54, 1.807) is 0 Å². The lowest BCUT2D eigenvalue weighted by Crippen LogP contribution is -2.29. The van der Waals surface area contributed by atoms with Crippen molar-refractivity contribution in [3.8, 4) is 0 Å². The van der Waals surface area contributed by atoms with E-state index in [2.05, 4.69) is 9.97 Å². The van der Waals surface area contributed by atoms with Gasteiger partial charge >= 0.3 is 0 Å². The Morgan fingerprint density at radius 3 is 2.59 bits per heavy atom. The van der Waals surface area contributed by atoms with Gasteiger partial charge in [-0.3, -0.25) is 0 Å². The van der Waals surface area contributed by atoms with Crippen LogP contribution < -0.4 is 4.90 Å². The Balaban J connectivity index is 2.32. The van der Waals surface area contributed by atoms with Crippen molar-refractivity contribution < 1.29 is 10.2 Å². The molecule has 1 aromatic heterocycles. The van der Waals surface area contributed by atoms with Gasteiger partial charge in [-0.25, -0.2) is 4.98 Å². The first-order valence-electron chi connectivity index (χ1n) is 5.67. The van der Waals surface area contributed by atoms with Gasteiger partial charge in [0.15, 0.2) is 0 Å². The van der Waals surface area contributed by atoms with Gasteiger partial charge in [-0.15, -0.1) is 0 Å². The first-order chi connectivity index (χ1) is 8.24. The zero-order valence-corrected chi connectivity index (χ0v) is 9.85. The van der Waals surface area contributed by atoms with Gasteiger partial charge in [0.1, 0.15) is 5.82 Å². The van der Waals surface area contributed by atoms with Gasteiger partial charge in [-0.05, 0) is 25.1 Å². The van der Waals surface area contributed by atoms with Crippen molar-refractivity contribution in [2.75, 3.05) is 31.2 Å². The number of aliphatic hydroxyl groups excluding tert-OH is 2. The Morgan fingerprint density at radius 1 is 1.24 bits per heavy atom. The van der Waals surface area contributed by atoms with Crippen LogP contribution in [-0.4, -0.2) is 46.5 Å². The fourth-order valence-corrected chi connectivity index (χ4v) is 1.93. The van der Waals surface area contributed by atoms with Crippen molar-refractivity contribution in [2.24, 2.45) is 0 Å². The SMILES string of the molecule is Cc1nc2ccc(N(CCO)CCO)cc2[nH]1. The predicted molar refractivity (Wildman–Crippen MR) is 67.2 cm³/mol. The van der Waals surface area contributed by atoms with Crippen molar-refractivity contribution in [2.45, 2.75) is 6.92 Å². The number of H-pyrrole nitrogens is 1. The van der Waals surface area contributed by atoms with E-state index in [9.17, 15) is 0 Å². The van der Waals surface area contributed by atoms with Crippen molar-refractivity contribution in [3.63, 3.8) is 0 Å². The number of nitrogens with one attached hydrogen (secondary N) is 1. The van der Waals surface area contributed by atoms with Crippen LogP contribution in [0.25, 0.3) is 11.0 Å². The first-order valence-corrected chi connectivity index (χ1v) is 5.67. The van der Waals surface area contributed by atoms with Crippen LogP contribution in [0.4, 0.5) is 5.69 Å². The molecule has 0 saturated carbocycles. The van der Waals surface area contributed by atoms with Crippen molar-refractivity contribution in [1.82, 2.24) is 9.97 Å². The molecule has 3 N–H and O–H groups in total. The molecule has 0 saturated heterocycles. The molecular weight excluding hydrogens is 218 g/mol. The third-order valence-corrected chi connectivity index (χ3v) is 2.69. The largest absolute Gasteiger partial charge is 0.395 e. The number of hydrogen-bond donors (Lipinski definition) is 3. The van der Waals surface area contributed by atoms with E-state index in [1.807, 2.05) is 30.0 Å². The molecular formula is C12H17N3O2. The zero-order chi connectivity index (χ0) is 12.3. The summed E-state index contributed by atoms with van der Waals surface area (Å²) in [4.78, 5) is 9.45. The Kier molecular flexibility index (Phi) is 3.61. The maximum atomic E-state index is 9.00. The summed E-state index contributed by atoms with van der Waals surface area (Å²) in [6.07, 6.45) is 0. The molecule has 17 heavy (non-hydrogen) atoms. The highest BCUT2D eigenvalue weighted by atomic mass is 16.3. The molecule has 0 unspecified atom stereocenters. The topological polar surface area (TPSA) is 72.4 Å². The van der Waals surface area contributed by atoms with Crippen molar-refractivity contribution in [1.29, 1.82) is 0 Å². The minimum atomic E-state index is 0.0695. The molecule has 0 radical (unpaired) electrons. The molecule has 5 nitrogen and oxygen atoms in total. The van der Waals surface area contributed by atoms with Crippen LogP contribution in [0.2, 0.25) is 0 Å². The number of anilines is 1. The summed E-state index contributed by atoms with van der Waals surface area (Å²) in [6.45, 7) is 3.08. The highest BCUT2D eigenvalue weighted by Crippen LogP contribution is 2.20. The summed E-state index contributed by atoms with van der Waals surface area (Å²) in [7, 11) is 0. The Hall–Kier alpha value is -1.59. The average Bonchev–Trinajstić information content (AvgIpc) is 2.67. The lowest BCUT2D eigenvalue weighted by molar-refractivity contribution is 0.281. The van der Waals surface area contributed by atoms with Crippen LogP contribution in [-0.2, 0) is 0 Å². The molecule has 5 heteroatoms. The van der Waals surface area contributed by atoms with E-state index in [4.69, 9.17) is 10.2 Å². The Bertz CT molecular complexity index is 489. The summed E-state index contributed by atoms with van der Waals surface area (Å²) in [6, 6.07) is 5.88. The van der Waals surface area contributed by atoms with E-state index >= 15 is 0 Å². The third kappa shape index (κ3) is 2.57. The molecule has 92 valence electrons. The summed E-state index contributed by atoms with van der Waals surface area (Å²) in [5, 5.41) is 18.0. The number of nitrogens with zero attached hydrogens (tertiary/aromatic N) is 2. The van der Waals surface area contributed by atoms with Crippen LogP contribution in [0.1, 0.15) is 5.82 Å². The number of imidazole rings is 1. The second-order valence-corrected chi connectivity index (χ2v) is 3.96. The van der Waals surface area contributed by atoms with Gasteiger partial charge < -0.3 is 20.1 Å². The molecule has 0 aliphatic carbocycles. The standard InChI is InChI=1S/C12H17N3O2/c1-9-13-11-3-2-10(8-12(11)14-9)15(4-6-16)5-7-17/h2-3,8,16-17H,4-7H2,1H3,(H,13,14). The van der Waals surface area contributed by atoms with Gasteiger partial charge in [0.2, 0.25) is 0 Å². The van der Waals surface area contributed by atoms with Crippen molar-refractivity contribution >= 4 is 16.7 Å². The van der Waals surface area contributed by atoms with Crippen LogP contribution in [0, 0.1) is 6.92 Å². The van der Waals surface area contributed by atoms with E-state index in [0.29, 0.717) is 13.1 Å². The summed E-state index contributed by atoms with van der Waals surface area (Å²) < 4.78 is 0. The molecule has 0 aliphatic rings.